The molecule has 0 saturated carbocycles. The Bertz CT molecular complexity index is 1220. The monoisotopic (exact) mass is 485 g/mol. The Morgan fingerprint density at radius 3 is 2.64 bits per heavy atom. The number of ether oxygens (including phenoxy) is 3. The largest absolute Gasteiger partial charge is 0.514 e. The molecule has 0 aliphatic carbocycles. The molecule has 0 aliphatic rings. The summed E-state index contributed by atoms with van der Waals surface area (Å²) in [4.78, 5) is 18.5. The molecule has 2 aromatic heterocycles. The molecule has 3 rings (SSSR count). The fraction of sp³-hybridized carbons (Fsp3) is 0.292. The number of carbonyl (C=O) groups is 1. The van der Waals surface area contributed by atoms with Gasteiger partial charge >= 0.3 is 6.16 Å². The number of aromatic nitrogens is 1. The lowest BCUT2D eigenvalue weighted by atomic mass is 10.2. The average molecular weight is 486 g/mol. The van der Waals surface area contributed by atoms with Crippen LogP contribution >= 0.6 is 22.7 Å². The lowest BCUT2D eigenvalue weighted by Crippen LogP contribution is -2.26. The summed E-state index contributed by atoms with van der Waals surface area (Å²) in [5.74, 6) is 0.661. The van der Waals surface area contributed by atoms with Crippen LogP contribution in [0.5, 0.6) is 11.5 Å². The second kappa shape index (κ2) is 10.6. The van der Waals surface area contributed by atoms with Gasteiger partial charge in [-0.05, 0) is 62.9 Å². The summed E-state index contributed by atoms with van der Waals surface area (Å²) in [6.07, 6.45) is 0.920. The number of hydrogen-bond acceptors (Lipinski definition) is 8. The van der Waals surface area contributed by atoms with Crippen molar-refractivity contribution in [2.75, 3.05) is 13.7 Å². The van der Waals surface area contributed by atoms with Crippen LogP contribution in [0.3, 0.4) is 0 Å². The quantitative estimate of drug-likeness (QED) is 0.179. The smallest absolute Gasteiger partial charge is 0.493 e. The standard InChI is InChI=1S/C24H27N3O4S2/c1-16(2)13-25-22-27(18(15-33-22)21-8-7-11-32-21)26-14-17-9-10-19(20(12-17)29-6)30-23(28)31-24(3,4)5/h7-12,14-15H,1,13H2,2-6H3. The SMILES string of the molecule is C=C(C)CN=c1scc(-c2cccs2)n1N=Cc1ccc(OC(=O)OC(C)(C)C)c(OC)c1. The summed E-state index contributed by atoms with van der Waals surface area (Å²) in [6, 6.07) is 9.23. The van der Waals surface area contributed by atoms with Gasteiger partial charge in [0.1, 0.15) is 5.60 Å². The highest BCUT2D eigenvalue weighted by molar-refractivity contribution is 7.14. The summed E-state index contributed by atoms with van der Waals surface area (Å²) in [5.41, 5.74) is 2.05. The maximum absolute atomic E-state index is 12.0. The van der Waals surface area contributed by atoms with E-state index >= 15 is 0 Å². The molecule has 3 aromatic rings. The van der Waals surface area contributed by atoms with Gasteiger partial charge in [-0.3, -0.25) is 4.99 Å². The number of methoxy groups -OCH3 is 1. The van der Waals surface area contributed by atoms with Crippen LogP contribution in [-0.4, -0.2) is 36.3 Å². The first kappa shape index (κ1) is 24.5. The molecule has 0 spiro atoms. The van der Waals surface area contributed by atoms with E-state index in [1.165, 1.54) is 18.4 Å². The van der Waals surface area contributed by atoms with E-state index in [2.05, 4.69) is 16.7 Å². The molecule has 0 aliphatic heterocycles. The molecular formula is C24H27N3O4S2. The first-order valence-electron chi connectivity index (χ1n) is 10.2. The minimum Gasteiger partial charge on any atom is -0.493 e. The predicted octanol–water partition coefficient (Wildman–Crippen LogP) is 5.96. The molecule has 174 valence electrons. The number of carbonyl (C=O) groups excluding carboxylic acids is 1. The minimum atomic E-state index is -0.791. The van der Waals surface area contributed by atoms with Crippen LogP contribution in [0.15, 0.2) is 63.3 Å². The van der Waals surface area contributed by atoms with Crippen LogP contribution in [0, 0.1) is 0 Å². The van der Waals surface area contributed by atoms with E-state index in [-0.39, 0.29) is 5.75 Å². The number of hydrogen-bond donors (Lipinski definition) is 0. The first-order chi connectivity index (χ1) is 15.7. The molecule has 0 atom stereocenters. The van der Waals surface area contributed by atoms with Gasteiger partial charge in [0.2, 0.25) is 4.80 Å². The second-order valence-electron chi connectivity index (χ2n) is 8.19. The number of rotatable bonds is 7. The Kier molecular flexibility index (Phi) is 7.88. The average Bonchev–Trinajstić information content (AvgIpc) is 3.39. The van der Waals surface area contributed by atoms with Gasteiger partial charge in [-0.1, -0.05) is 18.2 Å². The number of nitrogens with zero attached hydrogens (tertiary/aromatic N) is 3. The van der Waals surface area contributed by atoms with Crippen LogP contribution < -0.4 is 14.3 Å². The Balaban J connectivity index is 1.90. The fourth-order valence-corrected chi connectivity index (χ4v) is 4.28. The molecule has 9 heteroatoms. The summed E-state index contributed by atoms with van der Waals surface area (Å²) < 4.78 is 17.7. The third-order valence-electron chi connectivity index (χ3n) is 4.04. The molecule has 33 heavy (non-hydrogen) atoms. The summed E-state index contributed by atoms with van der Waals surface area (Å²) >= 11 is 3.16. The van der Waals surface area contributed by atoms with Crippen molar-refractivity contribution in [1.29, 1.82) is 0 Å². The van der Waals surface area contributed by atoms with E-state index in [1.54, 1.807) is 56.5 Å². The third-order valence-corrected chi connectivity index (χ3v) is 5.78. The summed E-state index contributed by atoms with van der Waals surface area (Å²) in [7, 11) is 1.51. The van der Waals surface area contributed by atoms with Crippen LogP contribution in [0.25, 0.3) is 10.6 Å². The predicted molar refractivity (Wildman–Crippen MR) is 134 cm³/mol. The van der Waals surface area contributed by atoms with Gasteiger partial charge in [0.15, 0.2) is 11.5 Å². The molecule has 0 amide bonds. The van der Waals surface area contributed by atoms with E-state index in [0.717, 1.165) is 26.5 Å². The van der Waals surface area contributed by atoms with Crippen LogP contribution in [-0.2, 0) is 4.74 Å². The van der Waals surface area contributed by atoms with Crippen molar-refractivity contribution in [3.05, 3.63) is 63.6 Å². The molecule has 0 N–H and O–H groups in total. The number of thiophene rings is 1. The van der Waals surface area contributed by atoms with Gasteiger partial charge in [-0.2, -0.15) is 5.10 Å². The zero-order chi connectivity index (χ0) is 24.0. The Hall–Kier alpha value is -3.17. The molecule has 1 aromatic carbocycles. The van der Waals surface area contributed by atoms with Crippen molar-refractivity contribution < 1.29 is 19.0 Å². The van der Waals surface area contributed by atoms with Gasteiger partial charge in [-0.15, -0.1) is 22.7 Å². The van der Waals surface area contributed by atoms with Crippen LogP contribution in [0.2, 0.25) is 0 Å². The van der Waals surface area contributed by atoms with Crippen molar-refractivity contribution in [2.45, 2.75) is 33.3 Å². The van der Waals surface area contributed by atoms with E-state index in [1.807, 2.05) is 34.5 Å². The van der Waals surface area contributed by atoms with Crippen molar-refractivity contribution in [3.8, 4) is 22.1 Å². The third kappa shape index (κ3) is 6.90. The lowest BCUT2D eigenvalue weighted by Gasteiger charge is -2.19. The maximum Gasteiger partial charge on any atom is 0.514 e. The number of thiazole rings is 1. The van der Waals surface area contributed by atoms with Crippen LogP contribution in [0.4, 0.5) is 4.79 Å². The molecular weight excluding hydrogens is 458 g/mol. The highest BCUT2D eigenvalue weighted by Gasteiger charge is 2.19. The maximum atomic E-state index is 12.0. The molecule has 0 saturated heterocycles. The molecule has 0 radical (unpaired) electrons. The zero-order valence-electron chi connectivity index (χ0n) is 19.3. The van der Waals surface area contributed by atoms with Crippen molar-refractivity contribution in [1.82, 2.24) is 4.68 Å². The second-order valence-corrected chi connectivity index (χ2v) is 9.97. The van der Waals surface area contributed by atoms with E-state index in [4.69, 9.17) is 14.2 Å². The first-order valence-corrected chi connectivity index (χ1v) is 11.9. The summed E-state index contributed by atoms with van der Waals surface area (Å²) in [5, 5.41) is 8.75. The zero-order valence-corrected chi connectivity index (χ0v) is 21.0. The van der Waals surface area contributed by atoms with Gasteiger partial charge in [0.05, 0.1) is 30.4 Å². The van der Waals surface area contributed by atoms with Crippen molar-refractivity contribution >= 4 is 35.0 Å². The molecule has 7 nitrogen and oxygen atoms in total. The highest BCUT2D eigenvalue weighted by atomic mass is 32.1. The Morgan fingerprint density at radius 2 is 2.00 bits per heavy atom. The van der Waals surface area contributed by atoms with Gasteiger partial charge < -0.3 is 14.2 Å². The molecule has 0 unspecified atom stereocenters. The van der Waals surface area contributed by atoms with E-state index < -0.39 is 11.8 Å². The Labute approximate surface area is 201 Å². The van der Waals surface area contributed by atoms with Crippen molar-refractivity contribution in [3.63, 3.8) is 0 Å². The molecule has 0 bridgehead atoms. The van der Waals surface area contributed by atoms with Crippen LogP contribution in [0.1, 0.15) is 33.3 Å². The van der Waals surface area contributed by atoms with Gasteiger partial charge in [0.25, 0.3) is 0 Å². The van der Waals surface area contributed by atoms with Gasteiger partial charge in [-0.25, -0.2) is 9.47 Å². The normalized spacial score (nSPS) is 12.2. The minimum absolute atomic E-state index is 0.267. The topological polar surface area (TPSA) is 74.4 Å². The summed E-state index contributed by atoms with van der Waals surface area (Å²) in [6.45, 7) is 11.7. The molecule has 2 heterocycles. The van der Waals surface area contributed by atoms with E-state index in [0.29, 0.717) is 12.3 Å². The van der Waals surface area contributed by atoms with E-state index in [9.17, 15) is 4.79 Å². The van der Waals surface area contributed by atoms with Gasteiger partial charge in [0, 0.05) is 5.38 Å². The number of benzene rings is 1. The highest BCUT2D eigenvalue weighted by Crippen LogP contribution is 2.29. The lowest BCUT2D eigenvalue weighted by molar-refractivity contribution is 0.0201. The van der Waals surface area contributed by atoms with Crippen molar-refractivity contribution in [2.24, 2.45) is 10.1 Å². The Morgan fingerprint density at radius 1 is 1.21 bits per heavy atom. The molecule has 0 fully saturated rings. The fourth-order valence-electron chi connectivity index (χ4n) is 2.65.